The van der Waals surface area contributed by atoms with E-state index in [2.05, 4.69) is 14.8 Å². The Labute approximate surface area is 161 Å². The van der Waals surface area contributed by atoms with Crippen molar-refractivity contribution in [1.29, 1.82) is 0 Å². The van der Waals surface area contributed by atoms with Crippen LogP contribution < -0.4 is 5.32 Å². The number of hydrogen-bond donors (Lipinski definition) is 1. The normalized spacial score (nSPS) is 14.2. The number of non-ortho nitro benzene ring substituents is 1. The number of ether oxygens (including phenoxy) is 2. The summed E-state index contributed by atoms with van der Waals surface area (Å²) in [5.74, 6) is -2.02. The van der Waals surface area contributed by atoms with Crippen LogP contribution >= 0.6 is 0 Å². The van der Waals surface area contributed by atoms with Crippen molar-refractivity contribution >= 4 is 29.2 Å². The maximum absolute atomic E-state index is 12.7. The van der Waals surface area contributed by atoms with Crippen LogP contribution in [-0.4, -0.2) is 55.0 Å². The highest BCUT2D eigenvalue weighted by molar-refractivity contribution is 6.00. The van der Waals surface area contributed by atoms with Gasteiger partial charge in [-0.25, -0.2) is 9.59 Å². The highest BCUT2D eigenvalue weighted by atomic mass is 16.6. The first-order chi connectivity index (χ1) is 13.3. The minimum absolute atomic E-state index is 0.0927. The van der Waals surface area contributed by atoms with Gasteiger partial charge in [-0.1, -0.05) is 0 Å². The number of piperidine rings is 1. The number of amides is 1. The van der Waals surface area contributed by atoms with Gasteiger partial charge in [-0.2, -0.15) is 0 Å². The molecule has 150 valence electrons. The minimum Gasteiger partial charge on any atom is -0.466 e. The van der Waals surface area contributed by atoms with Crippen molar-refractivity contribution in [3.8, 4) is 0 Å². The molecule has 0 unspecified atom stereocenters. The van der Waals surface area contributed by atoms with Crippen LogP contribution in [-0.2, 0) is 19.1 Å². The molecule has 0 saturated carbocycles. The van der Waals surface area contributed by atoms with Gasteiger partial charge in [0, 0.05) is 36.5 Å². The molecule has 1 aliphatic heterocycles. The van der Waals surface area contributed by atoms with Crippen LogP contribution in [0.1, 0.15) is 29.6 Å². The van der Waals surface area contributed by atoms with Crippen molar-refractivity contribution in [2.75, 3.05) is 32.6 Å². The van der Waals surface area contributed by atoms with Gasteiger partial charge in [0.25, 0.3) is 11.6 Å². The number of nitro benzene ring substituents is 1. The molecular weight excluding hydrogens is 370 g/mol. The van der Waals surface area contributed by atoms with Gasteiger partial charge in [-0.05, 0) is 25.3 Å². The van der Waals surface area contributed by atoms with Crippen LogP contribution in [0.25, 0.3) is 0 Å². The molecule has 28 heavy (non-hydrogen) atoms. The molecule has 0 aliphatic carbocycles. The number of hydrogen-bond acceptors (Lipinski definition) is 8. The number of likely N-dealkylation sites (tertiary alicyclic amines) is 1. The minimum atomic E-state index is -0.874. The molecular formula is C18H21N3O7. The zero-order valence-corrected chi connectivity index (χ0v) is 15.6. The summed E-state index contributed by atoms with van der Waals surface area (Å²) in [6, 6.07) is 3.73. The van der Waals surface area contributed by atoms with E-state index >= 15 is 0 Å². The number of benzene rings is 1. The lowest BCUT2D eigenvalue weighted by atomic mass is 10.1. The third-order valence-electron chi connectivity index (χ3n) is 4.17. The Balaban J connectivity index is 2.39. The maximum atomic E-state index is 12.7. The van der Waals surface area contributed by atoms with Gasteiger partial charge in [0.2, 0.25) is 0 Å². The van der Waals surface area contributed by atoms with Crippen LogP contribution in [0.3, 0.4) is 0 Å². The number of esters is 2. The van der Waals surface area contributed by atoms with Crippen molar-refractivity contribution in [1.82, 2.24) is 4.90 Å². The fourth-order valence-corrected chi connectivity index (χ4v) is 2.78. The number of anilines is 1. The molecule has 0 spiro atoms. The second-order valence-electron chi connectivity index (χ2n) is 6.08. The summed E-state index contributed by atoms with van der Waals surface area (Å²) in [5.41, 5.74) is -0.408. The molecule has 0 aromatic heterocycles. The number of rotatable bonds is 6. The Kier molecular flexibility index (Phi) is 7.08. The topological polar surface area (TPSA) is 128 Å². The lowest BCUT2D eigenvalue weighted by Crippen LogP contribution is -2.35. The van der Waals surface area contributed by atoms with E-state index in [9.17, 15) is 24.5 Å². The van der Waals surface area contributed by atoms with Crippen molar-refractivity contribution < 1.29 is 28.8 Å². The Morgan fingerprint density at radius 3 is 2.36 bits per heavy atom. The number of carbonyl (C=O) groups excluding carboxylic acids is 3. The van der Waals surface area contributed by atoms with Gasteiger partial charge in [-0.3, -0.25) is 14.9 Å². The third kappa shape index (κ3) is 5.29. The second-order valence-corrected chi connectivity index (χ2v) is 6.08. The Morgan fingerprint density at radius 2 is 1.79 bits per heavy atom. The van der Waals surface area contributed by atoms with Gasteiger partial charge >= 0.3 is 11.9 Å². The van der Waals surface area contributed by atoms with E-state index in [4.69, 9.17) is 0 Å². The Hall–Kier alpha value is -3.43. The first kappa shape index (κ1) is 20.9. The number of methoxy groups -OCH3 is 2. The molecule has 0 atom stereocenters. The first-order valence-electron chi connectivity index (χ1n) is 8.59. The predicted molar refractivity (Wildman–Crippen MR) is 98.6 cm³/mol. The molecule has 1 N–H and O–H groups in total. The molecule has 10 heteroatoms. The summed E-state index contributed by atoms with van der Waals surface area (Å²) in [6.45, 7) is 1.17. The van der Waals surface area contributed by atoms with E-state index in [1.54, 1.807) is 4.90 Å². The molecule has 1 aromatic rings. The molecule has 1 amide bonds. The van der Waals surface area contributed by atoms with E-state index in [1.807, 2.05) is 0 Å². The van der Waals surface area contributed by atoms with E-state index in [1.165, 1.54) is 12.1 Å². The van der Waals surface area contributed by atoms with Crippen LogP contribution in [0.2, 0.25) is 0 Å². The van der Waals surface area contributed by atoms with Crippen molar-refractivity contribution in [2.45, 2.75) is 19.3 Å². The van der Waals surface area contributed by atoms with Crippen molar-refractivity contribution in [3.05, 3.63) is 45.6 Å². The summed E-state index contributed by atoms with van der Waals surface area (Å²) in [4.78, 5) is 48.4. The monoisotopic (exact) mass is 391 g/mol. The molecule has 0 bridgehead atoms. The van der Waals surface area contributed by atoms with Crippen molar-refractivity contribution in [2.24, 2.45) is 0 Å². The molecule has 2 rings (SSSR count). The van der Waals surface area contributed by atoms with Crippen LogP contribution in [0, 0.1) is 10.1 Å². The van der Waals surface area contributed by atoms with Gasteiger partial charge in [0.05, 0.1) is 25.2 Å². The van der Waals surface area contributed by atoms with E-state index in [-0.39, 0.29) is 28.5 Å². The zero-order chi connectivity index (χ0) is 20.7. The summed E-state index contributed by atoms with van der Waals surface area (Å²) in [7, 11) is 2.25. The maximum Gasteiger partial charge on any atom is 0.354 e. The molecule has 0 radical (unpaired) electrons. The smallest absolute Gasteiger partial charge is 0.354 e. The second kappa shape index (κ2) is 9.49. The van der Waals surface area contributed by atoms with Crippen LogP contribution in [0.4, 0.5) is 11.4 Å². The SMILES string of the molecule is COC(=O)/C=C(/Nc1cc(C(=O)N2CCCCC2)cc([N+](=O)[O-])c1)C(=O)OC. The molecule has 1 aliphatic rings. The fraction of sp³-hybridized carbons (Fsp3) is 0.389. The highest BCUT2D eigenvalue weighted by Gasteiger charge is 2.22. The van der Waals surface area contributed by atoms with Crippen LogP contribution in [0.15, 0.2) is 30.0 Å². The van der Waals surface area contributed by atoms with Gasteiger partial charge < -0.3 is 19.7 Å². The van der Waals surface area contributed by atoms with Crippen molar-refractivity contribution in [3.63, 3.8) is 0 Å². The third-order valence-corrected chi connectivity index (χ3v) is 4.17. The molecule has 1 heterocycles. The average Bonchev–Trinajstić information content (AvgIpc) is 2.72. The van der Waals surface area contributed by atoms with Gasteiger partial charge in [0.1, 0.15) is 5.70 Å². The lowest BCUT2D eigenvalue weighted by Gasteiger charge is -2.26. The van der Waals surface area contributed by atoms with E-state index < -0.39 is 16.9 Å². The summed E-state index contributed by atoms with van der Waals surface area (Å²) in [5, 5.41) is 13.9. The van der Waals surface area contributed by atoms with Gasteiger partial charge in [-0.15, -0.1) is 0 Å². The highest BCUT2D eigenvalue weighted by Crippen LogP contribution is 2.24. The van der Waals surface area contributed by atoms with E-state index in [0.29, 0.717) is 13.1 Å². The standard InChI is InChI=1S/C18H21N3O7/c1-27-16(22)11-15(18(24)28-2)19-13-8-12(9-14(10-13)21(25)26)17(23)20-6-4-3-5-7-20/h8-11,19H,3-7H2,1-2H3/b15-11+. The number of carbonyl (C=O) groups is 3. The molecule has 10 nitrogen and oxygen atoms in total. The molecule has 1 aromatic carbocycles. The Bertz CT molecular complexity index is 813. The summed E-state index contributed by atoms with van der Waals surface area (Å²) < 4.78 is 9.08. The number of nitro groups is 1. The predicted octanol–water partition coefficient (Wildman–Crippen LogP) is 1.86. The first-order valence-corrected chi connectivity index (χ1v) is 8.59. The number of nitrogens with zero attached hydrogens (tertiary/aromatic N) is 2. The van der Waals surface area contributed by atoms with Crippen LogP contribution in [0.5, 0.6) is 0 Å². The largest absolute Gasteiger partial charge is 0.466 e. The average molecular weight is 391 g/mol. The van der Waals surface area contributed by atoms with Gasteiger partial charge in [0.15, 0.2) is 0 Å². The summed E-state index contributed by atoms with van der Waals surface area (Å²) in [6.07, 6.45) is 3.64. The van der Waals surface area contributed by atoms with E-state index in [0.717, 1.165) is 45.6 Å². The Morgan fingerprint density at radius 1 is 1.11 bits per heavy atom. The summed E-state index contributed by atoms with van der Waals surface area (Å²) >= 11 is 0. The molecule has 1 saturated heterocycles. The lowest BCUT2D eigenvalue weighted by molar-refractivity contribution is -0.384. The fourth-order valence-electron chi connectivity index (χ4n) is 2.78. The quantitative estimate of drug-likeness (QED) is 0.337. The molecule has 1 fully saturated rings. The zero-order valence-electron chi connectivity index (χ0n) is 15.6. The number of nitrogens with one attached hydrogen (secondary N) is 1.